The Balaban J connectivity index is 0.000000244. The molecule has 0 aliphatic carbocycles. The fourth-order valence-electron chi connectivity index (χ4n) is 2.83. The molecule has 186 valence electrons. The second kappa shape index (κ2) is 19.1. The van der Waals surface area contributed by atoms with Gasteiger partial charge in [-0.25, -0.2) is 9.97 Å². The van der Waals surface area contributed by atoms with Crippen LogP contribution in [0.5, 0.6) is 0 Å². The van der Waals surface area contributed by atoms with E-state index in [1.54, 1.807) is 24.8 Å². The molecule has 36 heavy (non-hydrogen) atoms. The Morgan fingerprint density at radius 3 is 1.17 bits per heavy atom. The van der Waals surface area contributed by atoms with Gasteiger partial charge in [-0.05, 0) is 48.5 Å². The molecule has 0 aliphatic heterocycles. The predicted molar refractivity (Wildman–Crippen MR) is 155 cm³/mol. The molecule has 5 nitrogen and oxygen atoms in total. The van der Waals surface area contributed by atoms with Crippen molar-refractivity contribution in [1.82, 2.24) is 24.9 Å². The van der Waals surface area contributed by atoms with Crippen LogP contribution in [0.1, 0.15) is 41.5 Å². The normalized spacial score (nSPS) is 8.83. The summed E-state index contributed by atoms with van der Waals surface area (Å²) in [7, 11) is 0. The summed E-state index contributed by atoms with van der Waals surface area (Å²) in [6, 6.07) is 27.7. The van der Waals surface area contributed by atoms with Crippen molar-refractivity contribution in [2.45, 2.75) is 41.5 Å². The third-order valence-corrected chi connectivity index (χ3v) is 4.26. The zero-order valence-corrected chi connectivity index (χ0v) is 22.2. The van der Waals surface area contributed by atoms with Gasteiger partial charge in [0.25, 0.3) is 0 Å². The standard InChI is InChI=1S/C9H7N.2C8H6N2.3C2H6/c1-2-6-9-8(4-1)5-3-7-10-9;1-3-7-4-2-6-10-8(7)9-5-1;1-2-4-8-7(3-1)9-5-6-10-8;3*1-2/h1-7H;2*1-6H;3*1-2H3. The van der Waals surface area contributed by atoms with Gasteiger partial charge in [-0.15, -0.1) is 0 Å². The maximum Gasteiger partial charge on any atom is 0.159 e. The molecule has 0 saturated heterocycles. The van der Waals surface area contributed by atoms with Crippen LogP contribution in [0.2, 0.25) is 0 Å². The lowest BCUT2D eigenvalue weighted by atomic mass is 10.2. The van der Waals surface area contributed by atoms with Crippen LogP contribution in [-0.2, 0) is 0 Å². The van der Waals surface area contributed by atoms with Crippen LogP contribution in [0.3, 0.4) is 0 Å². The molecule has 6 aromatic rings. The molecular formula is C31H37N5. The largest absolute Gasteiger partial charge is 0.256 e. The van der Waals surface area contributed by atoms with E-state index in [0.717, 1.165) is 27.6 Å². The van der Waals surface area contributed by atoms with Gasteiger partial charge in [0, 0.05) is 41.8 Å². The van der Waals surface area contributed by atoms with Crippen molar-refractivity contribution < 1.29 is 0 Å². The van der Waals surface area contributed by atoms with Gasteiger partial charge in [0.2, 0.25) is 0 Å². The Labute approximate surface area is 215 Å². The second-order valence-electron chi connectivity index (χ2n) is 6.29. The van der Waals surface area contributed by atoms with Crippen molar-refractivity contribution in [3.8, 4) is 0 Å². The number of fused-ring (bicyclic) bond motifs is 3. The molecule has 0 saturated carbocycles. The van der Waals surface area contributed by atoms with Gasteiger partial charge >= 0.3 is 0 Å². The van der Waals surface area contributed by atoms with Crippen LogP contribution in [0.4, 0.5) is 0 Å². The van der Waals surface area contributed by atoms with E-state index in [2.05, 4.69) is 37.1 Å². The summed E-state index contributed by atoms with van der Waals surface area (Å²) >= 11 is 0. The number of para-hydroxylation sites is 3. The first-order valence-corrected chi connectivity index (χ1v) is 12.5. The van der Waals surface area contributed by atoms with E-state index >= 15 is 0 Å². The van der Waals surface area contributed by atoms with E-state index in [4.69, 9.17) is 0 Å². The summed E-state index contributed by atoms with van der Waals surface area (Å²) < 4.78 is 0. The number of rotatable bonds is 0. The number of benzene rings is 2. The van der Waals surface area contributed by atoms with E-state index in [1.165, 1.54) is 5.39 Å². The Morgan fingerprint density at radius 2 is 0.694 bits per heavy atom. The minimum Gasteiger partial charge on any atom is -0.256 e. The molecule has 2 aromatic carbocycles. The first kappa shape index (κ1) is 29.8. The smallest absolute Gasteiger partial charge is 0.159 e. The predicted octanol–water partition coefficient (Wildman–Crippen LogP) is 8.57. The van der Waals surface area contributed by atoms with Crippen molar-refractivity contribution in [2.75, 3.05) is 0 Å². The average molecular weight is 480 g/mol. The van der Waals surface area contributed by atoms with E-state index in [0.29, 0.717) is 0 Å². The molecular weight excluding hydrogens is 442 g/mol. The summed E-state index contributed by atoms with van der Waals surface area (Å²) in [5.74, 6) is 0. The molecule has 0 fully saturated rings. The monoisotopic (exact) mass is 479 g/mol. The molecule has 6 rings (SSSR count). The number of nitrogens with zero attached hydrogens (tertiary/aromatic N) is 5. The van der Waals surface area contributed by atoms with Gasteiger partial charge in [0.15, 0.2) is 5.65 Å². The Kier molecular flexibility index (Phi) is 15.8. The molecule has 4 aromatic heterocycles. The van der Waals surface area contributed by atoms with Crippen LogP contribution in [-0.4, -0.2) is 24.9 Å². The lowest BCUT2D eigenvalue weighted by molar-refractivity contribution is 1.29. The number of hydrogen-bond donors (Lipinski definition) is 0. The molecule has 0 amide bonds. The van der Waals surface area contributed by atoms with Gasteiger partial charge in [-0.3, -0.25) is 15.0 Å². The summed E-state index contributed by atoms with van der Waals surface area (Å²) in [6.07, 6.45) is 8.69. The van der Waals surface area contributed by atoms with Gasteiger partial charge in [0.1, 0.15) is 0 Å². The van der Waals surface area contributed by atoms with Gasteiger partial charge in [-0.2, -0.15) is 0 Å². The van der Waals surface area contributed by atoms with Crippen molar-refractivity contribution in [1.29, 1.82) is 0 Å². The number of hydrogen-bond acceptors (Lipinski definition) is 5. The van der Waals surface area contributed by atoms with Crippen molar-refractivity contribution in [2.24, 2.45) is 0 Å². The molecule has 0 spiro atoms. The van der Waals surface area contributed by atoms with E-state index in [9.17, 15) is 0 Å². The van der Waals surface area contributed by atoms with Crippen molar-refractivity contribution in [3.05, 3.63) is 116 Å². The summed E-state index contributed by atoms with van der Waals surface area (Å²) in [4.78, 5) is 20.6. The second-order valence-corrected chi connectivity index (χ2v) is 6.29. The highest BCUT2D eigenvalue weighted by Gasteiger charge is 1.89. The lowest BCUT2D eigenvalue weighted by Gasteiger charge is -1.91. The number of pyridine rings is 3. The highest BCUT2D eigenvalue weighted by atomic mass is 14.8. The SMILES string of the molecule is CC.CC.CC.c1ccc2ncccc2c1.c1ccc2nccnc2c1.c1cnc2ncccc2c1. The van der Waals surface area contributed by atoms with Gasteiger partial charge in [0.05, 0.1) is 16.6 Å². The minimum atomic E-state index is 0.810. The molecule has 0 aliphatic rings. The molecule has 4 heterocycles. The summed E-state index contributed by atoms with van der Waals surface area (Å²) in [5, 5.41) is 2.29. The average Bonchev–Trinajstić information content (AvgIpc) is 3.01. The molecule has 0 radical (unpaired) electrons. The quantitative estimate of drug-likeness (QED) is 0.218. The lowest BCUT2D eigenvalue weighted by Crippen LogP contribution is -1.78. The Hall–Kier alpha value is -4.25. The van der Waals surface area contributed by atoms with Crippen molar-refractivity contribution >= 4 is 33.0 Å². The van der Waals surface area contributed by atoms with Crippen LogP contribution in [0.25, 0.3) is 33.0 Å². The summed E-state index contributed by atoms with van der Waals surface area (Å²) in [5.41, 5.74) is 3.77. The molecule has 0 N–H and O–H groups in total. The Bertz CT molecular complexity index is 1000. The van der Waals surface area contributed by atoms with Crippen LogP contribution in [0.15, 0.2) is 116 Å². The van der Waals surface area contributed by atoms with Crippen LogP contribution < -0.4 is 0 Å². The fourth-order valence-corrected chi connectivity index (χ4v) is 2.83. The third kappa shape index (κ3) is 9.94. The van der Waals surface area contributed by atoms with Gasteiger partial charge in [-0.1, -0.05) is 77.9 Å². The zero-order valence-electron chi connectivity index (χ0n) is 22.2. The third-order valence-electron chi connectivity index (χ3n) is 4.26. The number of aromatic nitrogens is 5. The highest BCUT2D eigenvalue weighted by molar-refractivity contribution is 5.77. The fraction of sp³-hybridized carbons (Fsp3) is 0.194. The first-order chi connectivity index (χ1) is 17.9. The van der Waals surface area contributed by atoms with Crippen LogP contribution in [0, 0.1) is 0 Å². The van der Waals surface area contributed by atoms with E-state index in [1.807, 2.05) is 121 Å². The first-order valence-electron chi connectivity index (χ1n) is 12.5. The summed E-state index contributed by atoms with van der Waals surface area (Å²) in [6.45, 7) is 12.0. The van der Waals surface area contributed by atoms with Crippen molar-refractivity contribution in [3.63, 3.8) is 0 Å². The van der Waals surface area contributed by atoms with E-state index < -0.39 is 0 Å². The highest BCUT2D eigenvalue weighted by Crippen LogP contribution is 2.08. The topological polar surface area (TPSA) is 64.5 Å². The molecule has 5 heteroatoms. The minimum absolute atomic E-state index is 0.810. The van der Waals surface area contributed by atoms with Crippen LogP contribution >= 0.6 is 0 Å². The van der Waals surface area contributed by atoms with Gasteiger partial charge < -0.3 is 0 Å². The molecule has 0 bridgehead atoms. The maximum absolute atomic E-state index is 4.18. The Morgan fingerprint density at radius 1 is 0.333 bits per heavy atom. The zero-order chi connectivity index (χ0) is 26.4. The van der Waals surface area contributed by atoms with E-state index in [-0.39, 0.29) is 0 Å². The molecule has 0 unspecified atom stereocenters. The molecule has 0 atom stereocenters. The maximum atomic E-state index is 4.18.